The van der Waals surface area contributed by atoms with E-state index >= 15 is 0 Å². The van der Waals surface area contributed by atoms with Crippen molar-refractivity contribution in [3.63, 3.8) is 0 Å². The molecule has 0 fully saturated rings. The molecule has 0 aromatic heterocycles. The molecule has 1 rings (SSSR count). The first-order chi connectivity index (χ1) is 9.12. The highest BCUT2D eigenvalue weighted by Gasteiger charge is 2.13. The number of ether oxygens (including phenoxy) is 3. The van der Waals surface area contributed by atoms with Crippen molar-refractivity contribution in [2.75, 3.05) is 27.4 Å². The summed E-state index contributed by atoms with van der Waals surface area (Å²) in [5.74, 6) is -0.181. The van der Waals surface area contributed by atoms with Gasteiger partial charge in [0, 0.05) is 0 Å². The van der Waals surface area contributed by atoms with E-state index in [1.54, 1.807) is 12.1 Å². The molecule has 0 saturated heterocycles. The van der Waals surface area contributed by atoms with E-state index in [4.69, 9.17) is 19.3 Å². The molecule has 6 nitrogen and oxygen atoms in total. The van der Waals surface area contributed by atoms with Gasteiger partial charge in [0.2, 0.25) is 5.75 Å². The van der Waals surface area contributed by atoms with Crippen LogP contribution in [0.5, 0.6) is 17.2 Å². The van der Waals surface area contributed by atoms with Gasteiger partial charge in [0.15, 0.2) is 11.5 Å². The number of benzene rings is 1. The second kappa shape index (κ2) is 7.27. The summed E-state index contributed by atoms with van der Waals surface area (Å²) in [4.78, 5) is 10.4. The number of aliphatic carboxylic acids is 1. The van der Waals surface area contributed by atoms with Gasteiger partial charge >= 0.3 is 0 Å². The van der Waals surface area contributed by atoms with E-state index in [2.05, 4.69) is 0 Å². The zero-order chi connectivity index (χ0) is 14.3. The number of hydrogen-bond acceptors (Lipinski definition) is 6. The number of methoxy groups -OCH3 is 2. The number of carbonyl (C=O) groups excluding carboxylic acids is 1. The molecule has 0 aliphatic carbocycles. The van der Waals surface area contributed by atoms with Crippen molar-refractivity contribution in [1.82, 2.24) is 0 Å². The number of carboxylic acid groups (broad SMARTS) is 1. The number of aliphatic hydroxyl groups is 1. The van der Waals surface area contributed by atoms with Gasteiger partial charge in [-0.15, -0.1) is 0 Å². The van der Waals surface area contributed by atoms with Crippen LogP contribution in [0.25, 0.3) is 6.08 Å². The summed E-state index contributed by atoms with van der Waals surface area (Å²) in [7, 11) is 2.90. The van der Waals surface area contributed by atoms with Gasteiger partial charge in [0.25, 0.3) is 0 Å². The molecule has 1 aromatic rings. The van der Waals surface area contributed by atoms with Crippen LogP contribution in [0.1, 0.15) is 5.56 Å². The van der Waals surface area contributed by atoms with Crippen molar-refractivity contribution in [2.24, 2.45) is 0 Å². The second-order valence-electron chi connectivity index (χ2n) is 3.48. The highest BCUT2D eigenvalue weighted by atomic mass is 16.5. The molecule has 0 bridgehead atoms. The van der Waals surface area contributed by atoms with Crippen molar-refractivity contribution in [2.45, 2.75) is 0 Å². The molecule has 1 N–H and O–H groups in total. The maximum absolute atomic E-state index is 10.4. The molecular formula is C13H15O6-. The zero-order valence-electron chi connectivity index (χ0n) is 10.7. The Morgan fingerprint density at radius 2 is 1.89 bits per heavy atom. The summed E-state index contributed by atoms with van der Waals surface area (Å²) in [5, 5.41) is 19.1. The minimum absolute atomic E-state index is 0.0982. The third-order valence-corrected chi connectivity index (χ3v) is 2.23. The lowest BCUT2D eigenvalue weighted by Gasteiger charge is -2.14. The molecule has 0 spiro atoms. The van der Waals surface area contributed by atoms with Crippen LogP contribution >= 0.6 is 0 Å². The Morgan fingerprint density at radius 1 is 1.32 bits per heavy atom. The molecule has 0 saturated carbocycles. The molecule has 0 aliphatic rings. The normalized spacial score (nSPS) is 10.5. The maximum atomic E-state index is 10.4. The van der Waals surface area contributed by atoms with Gasteiger partial charge in [-0.3, -0.25) is 0 Å². The lowest BCUT2D eigenvalue weighted by atomic mass is 10.1. The van der Waals surface area contributed by atoms with Crippen molar-refractivity contribution < 1.29 is 29.2 Å². The van der Waals surface area contributed by atoms with Gasteiger partial charge in [0.1, 0.15) is 6.61 Å². The molecular weight excluding hydrogens is 252 g/mol. The van der Waals surface area contributed by atoms with Crippen molar-refractivity contribution in [3.8, 4) is 17.2 Å². The Balaban J connectivity index is 3.15. The molecule has 0 aliphatic heterocycles. The third kappa shape index (κ3) is 4.18. The average Bonchev–Trinajstić information content (AvgIpc) is 2.42. The first-order valence-corrected chi connectivity index (χ1v) is 5.51. The Hall–Kier alpha value is -2.21. The Bertz CT molecular complexity index is 441. The molecule has 19 heavy (non-hydrogen) atoms. The summed E-state index contributed by atoms with van der Waals surface area (Å²) in [6.45, 7) is -0.0421. The molecule has 1 aromatic carbocycles. The van der Waals surface area contributed by atoms with E-state index in [-0.39, 0.29) is 13.2 Å². The van der Waals surface area contributed by atoms with Gasteiger partial charge in [-0.25, -0.2) is 0 Å². The maximum Gasteiger partial charge on any atom is 0.203 e. The van der Waals surface area contributed by atoms with E-state index in [1.807, 2.05) is 0 Å². The van der Waals surface area contributed by atoms with Crippen LogP contribution < -0.4 is 19.3 Å². The summed E-state index contributed by atoms with van der Waals surface area (Å²) in [5.41, 5.74) is 0.564. The first-order valence-electron chi connectivity index (χ1n) is 5.51. The van der Waals surface area contributed by atoms with Crippen LogP contribution in [0.3, 0.4) is 0 Å². The number of carbonyl (C=O) groups is 1. The molecule has 0 amide bonds. The predicted octanol–water partition coefficient (Wildman–Crippen LogP) is -0.162. The van der Waals surface area contributed by atoms with Crippen molar-refractivity contribution in [3.05, 3.63) is 23.8 Å². The van der Waals surface area contributed by atoms with Crippen LogP contribution in [0.15, 0.2) is 18.2 Å². The number of aliphatic hydroxyl groups excluding tert-OH is 1. The lowest BCUT2D eigenvalue weighted by molar-refractivity contribution is -0.297. The zero-order valence-corrected chi connectivity index (χ0v) is 10.7. The standard InChI is InChI=1S/C13H16O6/c1-17-10-7-9(3-4-12(15)16)8-11(18-2)13(10)19-6-5-14/h3-4,7-8,14H,5-6H2,1-2H3,(H,15,16)/p-1/b4-3+. The highest BCUT2D eigenvalue weighted by molar-refractivity contribution is 5.84. The van der Waals surface area contributed by atoms with Gasteiger partial charge in [0.05, 0.1) is 26.8 Å². The smallest absolute Gasteiger partial charge is 0.203 e. The molecule has 0 heterocycles. The summed E-state index contributed by atoms with van der Waals surface area (Å²) in [6, 6.07) is 3.18. The summed E-state index contributed by atoms with van der Waals surface area (Å²) >= 11 is 0. The lowest BCUT2D eigenvalue weighted by Crippen LogP contribution is -2.18. The van der Waals surface area contributed by atoms with Crippen molar-refractivity contribution in [1.29, 1.82) is 0 Å². The number of carboxylic acids is 1. The van der Waals surface area contributed by atoms with Crippen molar-refractivity contribution >= 4 is 12.0 Å². The van der Waals surface area contributed by atoms with Crippen LogP contribution in [-0.4, -0.2) is 38.5 Å². The first kappa shape index (κ1) is 14.8. The fourth-order valence-corrected chi connectivity index (χ4v) is 1.45. The number of hydrogen-bond donors (Lipinski definition) is 1. The highest BCUT2D eigenvalue weighted by Crippen LogP contribution is 2.38. The SMILES string of the molecule is COc1cc(/C=C/C(=O)[O-])cc(OC)c1OCCO. The molecule has 0 atom stereocenters. The largest absolute Gasteiger partial charge is 0.545 e. The van der Waals surface area contributed by atoms with E-state index in [9.17, 15) is 9.90 Å². The Labute approximate surface area is 110 Å². The predicted molar refractivity (Wildman–Crippen MR) is 66.2 cm³/mol. The van der Waals surface area contributed by atoms with Crippen LogP contribution in [-0.2, 0) is 4.79 Å². The van der Waals surface area contributed by atoms with Gasteiger partial charge < -0.3 is 29.2 Å². The topological polar surface area (TPSA) is 88.1 Å². The van der Waals surface area contributed by atoms with E-state index in [1.165, 1.54) is 20.3 Å². The van der Waals surface area contributed by atoms with Gasteiger partial charge in [-0.05, 0) is 23.8 Å². The minimum Gasteiger partial charge on any atom is -0.545 e. The fourth-order valence-electron chi connectivity index (χ4n) is 1.45. The Kier molecular flexibility index (Phi) is 5.69. The molecule has 0 radical (unpaired) electrons. The van der Waals surface area contributed by atoms with Crippen LogP contribution in [0.4, 0.5) is 0 Å². The Morgan fingerprint density at radius 3 is 2.32 bits per heavy atom. The van der Waals surface area contributed by atoms with Gasteiger partial charge in [-0.1, -0.05) is 6.08 Å². The fraction of sp³-hybridized carbons (Fsp3) is 0.308. The minimum atomic E-state index is -1.29. The average molecular weight is 267 g/mol. The molecule has 6 heteroatoms. The third-order valence-electron chi connectivity index (χ3n) is 2.23. The van der Waals surface area contributed by atoms with Gasteiger partial charge in [-0.2, -0.15) is 0 Å². The van der Waals surface area contributed by atoms with Crippen LogP contribution in [0.2, 0.25) is 0 Å². The second-order valence-corrected chi connectivity index (χ2v) is 3.48. The quantitative estimate of drug-likeness (QED) is 0.690. The summed E-state index contributed by atoms with van der Waals surface area (Å²) in [6.07, 6.45) is 2.26. The summed E-state index contributed by atoms with van der Waals surface area (Å²) < 4.78 is 15.6. The van der Waals surface area contributed by atoms with Crippen LogP contribution in [0, 0.1) is 0 Å². The van der Waals surface area contributed by atoms with E-state index in [0.717, 1.165) is 6.08 Å². The monoisotopic (exact) mass is 267 g/mol. The molecule has 104 valence electrons. The van der Waals surface area contributed by atoms with E-state index < -0.39 is 5.97 Å². The van der Waals surface area contributed by atoms with E-state index in [0.29, 0.717) is 22.8 Å². The molecule has 0 unspecified atom stereocenters. The number of rotatable bonds is 7.